The third-order valence-corrected chi connectivity index (χ3v) is 7.53. The average Bonchev–Trinajstić information content (AvgIpc) is 2.88. The molecule has 0 unspecified atom stereocenters. The van der Waals surface area contributed by atoms with Crippen LogP contribution in [-0.4, -0.2) is 49.8 Å². The Morgan fingerprint density at radius 2 is 1.93 bits per heavy atom. The van der Waals surface area contributed by atoms with E-state index in [0.717, 1.165) is 19.3 Å². The van der Waals surface area contributed by atoms with Crippen LogP contribution in [0, 0.1) is 10.8 Å². The van der Waals surface area contributed by atoms with Crippen LogP contribution >= 0.6 is 0 Å². The number of imide groups is 1. The van der Waals surface area contributed by atoms with E-state index >= 15 is 0 Å². The van der Waals surface area contributed by atoms with E-state index in [1.54, 1.807) is 9.62 Å². The van der Waals surface area contributed by atoms with Gasteiger partial charge >= 0.3 is 12.0 Å². The van der Waals surface area contributed by atoms with Gasteiger partial charge in [-0.1, -0.05) is 26.8 Å². The van der Waals surface area contributed by atoms with E-state index in [2.05, 4.69) is 20.8 Å². The molecule has 1 saturated carbocycles. The van der Waals surface area contributed by atoms with Crippen LogP contribution in [0.3, 0.4) is 0 Å². The Bertz CT molecular complexity index is 990. The second-order valence-corrected chi connectivity index (χ2v) is 11.2. The van der Waals surface area contributed by atoms with E-state index in [-0.39, 0.29) is 27.3 Å². The Morgan fingerprint density at radius 1 is 1.23 bits per heavy atom. The molecule has 1 aromatic rings. The molecule has 1 aromatic carbocycles. The third kappa shape index (κ3) is 4.65. The quantitative estimate of drug-likeness (QED) is 0.672. The van der Waals surface area contributed by atoms with Crippen molar-refractivity contribution in [2.45, 2.75) is 51.0 Å². The van der Waals surface area contributed by atoms with Gasteiger partial charge in [0.15, 0.2) is 6.61 Å². The van der Waals surface area contributed by atoms with E-state index in [4.69, 9.17) is 10.5 Å². The van der Waals surface area contributed by atoms with E-state index < -0.39 is 34.5 Å². The lowest BCUT2D eigenvalue weighted by molar-refractivity contribution is -0.123. The molecule has 2 fully saturated rings. The van der Waals surface area contributed by atoms with Crippen LogP contribution in [0.1, 0.15) is 50.4 Å². The summed E-state index contributed by atoms with van der Waals surface area (Å²) in [5.41, 5.74) is 4.82. The fourth-order valence-electron chi connectivity index (χ4n) is 5.00. The highest BCUT2D eigenvalue weighted by molar-refractivity contribution is 7.89. The molecule has 9 nitrogen and oxygen atoms in total. The number of esters is 1. The summed E-state index contributed by atoms with van der Waals surface area (Å²) in [6, 6.07) is 4.43. The zero-order chi connectivity index (χ0) is 22.3. The van der Waals surface area contributed by atoms with Gasteiger partial charge in [-0.05, 0) is 48.3 Å². The Labute approximate surface area is 176 Å². The summed E-state index contributed by atoms with van der Waals surface area (Å²) in [6.07, 6.45) is 2.58. The summed E-state index contributed by atoms with van der Waals surface area (Å²) in [5, 5.41) is 1.77. The number of urea groups is 1. The monoisotopic (exact) mass is 437 g/mol. The van der Waals surface area contributed by atoms with Gasteiger partial charge in [0.1, 0.15) is 0 Å². The van der Waals surface area contributed by atoms with Gasteiger partial charge in [0.2, 0.25) is 10.0 Å². The molecule has 1 aliphatic carbocycles. The number of benzene rings is 1. The number of hydrogen-bond acceptors (Lipinski definition) is 6. The molecule has 3 amide bonds. The maximum atomic E-state index is 13.4. The number of fused-ring (bicyclic) bond motifs is 2. The average molecular weight is 438 g/mol. The number of carbonyl (C=O) groups excluding carboxylic acids is 3. The smallest absolute Gasteiger partial charge is 0.338 e. The van der Waals surface area contributed by atoms with E-state index in [0.29, 0.717) is 6.54 Å². The van der Waals surface area contributed by atoms with Crippen LogP contribution in [0.2, 0.25) is 0 Å². The number of carbonyl (C=O) groups is 3. The minimum absolute atomic E-state index is 0.00309. The number of sulfonamides is 1. The van der Waals surface area contributed by atoms with Crippen molar-refractivity contribution >= 4 is 27.9 Å². The van der Waals surface area contributed by atoms with Crippen LogP contribution in [0.25, 0.3) is 0 Å². The Balaban J connectivity index is 1.77. The zero-order valence-corrected chi connectivity index (χ0v) is 18.1. The van der Waals surface area contributed by atoms with E-state index in [9.17, 15) is 22.8 Å². The van der Waals surface area contributed by atoms with Gasteiger partial charge in [0, 0.05) is 12.6 Å². The molecule has 2 bridgehead atoms. The predicted molar refractivity (Wildman–Crippen MR) is 108 cm³/mol. The van der Waals surface area contributed by atoms with Crippen LogP contribution < -0.4 is 11.1 Å². The maximum absolute atomic E-state index is 13.4. The third-order valence-electron chi connectivity index (χ3n) is 5.64. The zero-order valence-electron chi connectivity index (χ0n) is 17.3. The van der Waals surface area contributed by atoms with Gasteiger partial charge < -0.3 is 10.5 Å². The summed E-state index contributed by atoms with van der Waals surface area (Å²) in [7, 11) is -3.80. The second-order valence-electron chi connectivity index (χ2n) is 9.28. The largest absolute Gasteiger partial charge is 0.452 e. The van der Waals surface area contributed by atoms with Crippen molar-refractivity contribution in [3.8, 4) is 0 Å². The van der Waals surface area contributed by atoms with Crippen molar-refractivity contribution < 1.29 is 27.5 Å². The fourth-order valence-corrected chi connectivity index (χ4v) is 6.82. The minimum atomic E-state index is -3.80. The molecule has 0 radical (unpaired) electrons. The van der Waals surface area contributed by atoms with Crippen LogP contribution in [-0.2, 0) is 19.6 Å². The Kier molecular flexibility index (Phi) is 5.68. The number of nitrogens with one attached hydrogen (secondary N) is 1. The number of ether oxygens (including phenoxy) is 1. The van der Waals surface area contributed by atoms with Gasteiger partial charge in [-0.15, -0.1) is 0 Å². The lowest BCUT2D eigenvalue weighted by atomic mass is 9.65. The molecular formula is C20H27N3O6S. The Hall–Kier alpha value is -2.46. The summed E-state index contributed by atoms with van der Waals surface area (Å²) in [4.78, 5) is 34.2. The number of hydrogen-bond donors (Lipinski definition) is 2. The Morgan fingerprint density at radius 3 is 2.60 bits per heavy atom. The molecule has 2 atom stereocenters. The molecule has 1 saturated heterocycles. The van der Waals surface area contributed by atoms with Crippen LogP contribution in [0.15, 0.2) is 29.2 Å². The van der Waals surface area contributed by atoms with Gasteiger partial charge in [0.05, 0.1) is 10.5 Å². The van der Waals surface area contributed by atoms with Gasteiger partial charge in [-0.25, -0.2) is 18.0 Å². The molecule has 0 spiro atoms. The van der Waals surface area contributed by atoms with E-state index in [1.807, 2.05) is 0 Å². The second kappa shape index (κ2) is 7.66. The first-order valence-electron chi connectivity index (χ1n) is 9.70. The molecule has 0 aromatic heterocycles. The molecule has 1 heterocycles. The first kappa shape index (κ1) is 22.2. The molecule has 164 valence electrons. The molecule has 3 N–H and O–H groups in total. The number of nitrogens with two attached hydrogens (primary N) is 1. The van der Waals surface area contributed by atoms with Crippen molar-refractivity contribution in [2.75, 3.05) is 13.2 Å². The van der Waals surface area contributed by atoms with Crippen molar-refractivity contribution in [2.24, 2.45) is 16.6 Å². The van der Waals surface area contributed by atoms with Crippen molar-refractivity contribution in [1.82, 2.24) is 9.62 Å². The number of nitrogens with zero attached hydrogens (tertiary/aromatic N) is 1. The first-order valence-corrected chi connectivity index (χ1v) is 11.1. The predicted octanol–water partition coefficient (Wildman–Crippen LogP) is 1.63. The number of amides is 3. The highest BCUT2D eigenvalue weighted by Gasteiger charge is 2.53. The molecule has 1 aliphatic heterocycles. The van der Waals surface area contributed by atoms with Gasteiger partial charge in [-0.3, -0.25) is 10.1 Å². The number of primary amides is 1. The van der Waals surface area contributed by atoms with Crippen molar-refractivity contribution in [3.63, 3.8) is 0 Å². The minimum Gasteiger partial charge on any atom is -0.452 e. The SMILES string of the molecule is CC1(C)C[C@H]2C[C@](C)(CN2S(=O)(=O)c2cccc(C(=O)OCC(=O)NC(N)=O)c2)C1. The topological polar surface area (TPSA) is 136 Å². The van der Waals surface area contributed by atoms with Crippen LogP contribution in [0.5, 0.6) is 0 Å². The fraction of sp³-hybridized carbons (Fsp3) is 0.550. The molecule has 30 heavy (non-hydrogen) atoms. The summed E-state index contributed by atoms with van der Waals surface area (Å²) >= 11 is 0. The molecule has 3 rings (SSSR count). The lowest BCUT2D eigenvalue weighted by Crippen LogP contribution is -2.38. The normalized spacial score (nSPS) is 25.5. The summed E-state index contributed by atoms with van der Waals surface area (Å²) < 4.78 is 33.1. The molecule has 2 aliphatic rings. The van der Waals surface area contributed by atoms with Gasteiger partial charge in [0.25, 0.3) is 5.91 Å². The maximum Gasteiger partial charge on any atom is 0.338 e. The first-order chi connectivity index (χ1) is 13.8. The van der Waals surface area contributed by atoms with E-state index in [1.165, 1.54) is 24.3 Å². The van der Waals surface area contributed by atoms with Crippen molar-refractivity contribution in [3.05, 3.63) is 29.8 Å². The molecule has 10 heteroatoms. The molecular weight excluding hydrogens is 410 g/mol. The highest BCUT2D eigenvalue weighted by Crippen LogP contribution is 2.53. The lowest BCUT2D eigenvalue weighted by Gasteiger charge is -2.39. The summed E-state index contributed by atoms with van der Waals surface area (Å²) in [5.74, 6) is -1.75. The van der Waals surface area contributed by atoms with Crippen molar-refractivity contribution in [1.29, 1.82) is 0 Å². The standard InChI is InChI=1S/C20H27N3O6S/c1-19(2)8-14-9-20(3,11-19)12-23(14)30(27,28)15-6-4-5-13(7-15)17(25)29-10-16(24)22-18(21)26/h4-7,14H,8-12H2,1-3H3,(H3,21,22,24,26)/t14-,20-/m0/s1. The number of rotatable bonds is 5. The van der Waals surface area contributed by atoms with Crippen LogP contribution in [0.4, 0.5) is 4.79 Å². The van der Waals surface area contributed by atoms with Gasteiger partial charge in [-0.2, -0.15) is 4.31 Å². The highest BCUT2D eigenvalue weighted by atomic mass is 32.2. The summed E-state index contributed by atoms with van der Waals surface area (Å²) in [6.45, 7) is 6.20.